The average Bonchev–Trinajstić information content (AvgIpc) is 2.27. The van der Waals surface area contributed by atoms with Gasteiger partial charge in [-0.15, -0.1) is 0 Å². The number of hydrogen-bond acceptors (Lipinski definition) is 2. The van der Waals surface area contributed by atoms with Crippen molar-refractivity contribution in [3.63, 3.8) is 0 Å². The molecule has 0 bridgehead atoms. The van der Waals surface area contributed by atoms with Gasteiger partial charge in [0.15, 0.2) is 0 Å². The Balaban J connectivity index is 2.56. The summed E-state index contributed by atoms with van der Waals surface area (Å²) in [6, 6.07) is -0.0209. The molecule has 1 aliphatic heterocycles. The van der Waals surface area contributed by atoms with Crippen LogP contribution in [0.15, 0.2) is 0 Å². The Kier molecular flexibility index (Phi) is 4.39. The number of rotatable bonds is 3. The fourth-order valence-electron chi connectivity index (χ4n) is 2.21. The van der Waals surface area contributed by atoms with E-state index in [0.717, 1.165) is 19.3 Å². The molecule has 82 valence electrons. The van der Waals surface area contributed by atoms with E-state index in [4.69, 9.17) is 0 Å². The molecule has 2 N–H and O–H groups in total. The number of carbonyl (C=O) groups excluding carboxylic acids is 1. The third-order valence-electron chi connectivity index (χ3n) is 2.87. The molecule has 0 radical (unpaired) electrons. The van der Waals surface area contributed by atoms with E-state index in [0.29, 0.717) is 18.3 Å². The lowest BCUT2D eigenvalue weighted by Crippen LogP contribution is -2.41. The highest BCUT2D eigenvalue weighted by atomic mass is 16.3. The van der Waals surface area contributed by atoms with Crippen molar-refractivity contribution in [1.82, 2.24) is 5.32 Å². The SMILES string of the molecule is CC(C)CC1CCCC(=O)NC1CO. The Morgan fingerprint density at radius 3 is 2.86 bits per heavy atom. The molecule has 2 atom stereocenters. The van der Waals surface area contributed by atoms with Gasteiger partial charge in [-0.3, -0.25) is 4.79 Å². The van der Waals surface area contributed by atoms with Crippen molar-refractivity contribution in [2.75, 3.05) is 6.61 Å². The number of aliphatic hydroxyl groups is 1. The second-order valence-electron chi connectivity index (χ2n) is 4.64. The molecule has 0 spiro atoms. The van der Waals surface area contributed by atoms with Crippen molar-refractivity contribution in [3.8, 4) is 0 Å². The van der Waals surface area contributed by atoms with E-state index in [1.54, 1.807) is 0 Å². The van der Waals surface area contributed by atoms with Gasteiger partial charge in [0.25, 0.3) is 0 Å². The van der Waals surface area contributed by atoms with E-state index in [1.807, 2.05) is 0 Å². The molecule has 1 saturated heterocycles. The van der Waals surface area contributed by atoms with Gasteiger partial charge >= 0.3 is 0 Å². The van der Waals surface area contributed by atoms with Gasteiger partial charge in [-0.05, 0) is 31.1 Å². The maximum Gasteiger partial charge on any atom is 0.220 e. The third-order valence-corrected chi connectivity index (χ3v) is 2.87. The van der Waals surface area contributed by atoms with Gasteiger partial charge in [0.2, 0.25) is 5.91 Å². The van der Waals surface area contributed by atoms with Crippen molar-refractivity contribution < 1.29 is 9.90 Å². The summed E-state index contributed by atoms with van der Waals surface area (Å²) >= 11 is 0. The Bertz CT molecular complexity index is 192. The van der Waals surface area contributed by atoms with Gasteiger partial charge in [-0.2, -0.15) is 0 Å². The zero-order chi connectivity index (χ0) is 10.6. The van der Waals surface area contributed by atoms with Crippen LogP contribution >= 0.6 is 0 Å². The van der Waals surface area contributed by atoms with E-state index < -0.39 is 0 Å². The molecule has 1 fully saturated rings. The molecule has 0 aromatic rings. The van der Waals surface area contributed by atoms with E-state index in [1.165, 1.54) is 0 Å². The van der Waals surface area contributed by atoms with Crippen molar-refractivity contribution in [1.29, 1.82) is 0 Å². The van der Waals surface area contributed by atoms with Crippen LogP contribution in [-0.4, -0.2) is 23.7 Å². The van der Waals surface area contributed by atoms with Gasteiger partial charge < -0.3 is 10.4 Å². The van der Waals surface area contributed by atoms with Crippen LogP contribution in [0, 0.1) is 11.8 Å². The van der Waals surface area contributed by atoms with Gasteiger partial charge in [-0.1, -0.05) is 13.8 Å². The summed E-state index contributed by atoms with van der Waals surface area (Å²) in [5.74, 6) is 1.17. The van der Waals surface area contributed by atoms with Crippen molar-refractivity contribution >= 4 is 5.91 Å². The minimum absolute atomic E-state index is 0.0209. The Morgan fingerprint density at radius 1 is 1.57 bits per heavy atom. The lowest BCUT2D eigenvalue weighted by molar-refractivity contribution is -0.121. The van der Waals surface area contributed by atoms with Crippen molar-refractivity contribution in [3.05, 3.63) is 0 Å². The molecule has 0 aromatic carbocycles. The number of aliphatic hydroxyl groups excluding tert-OH is 1. The molecule has 14 heavy (non-hydrogen) atoms. The van der Waals surface area contributed by atoms with E-state index in [9.17, 15) is 9.90 Å². The summed E-state index contributed by atoms with van der Waals surface area (Å²) in [4.78, 5) is 11.3. The molecule has 2 unspecified atom stereocenters. The van der Waals surface area contributed by atoms with Gasteiger partial charge in [-0.25, -0.2) is 0 Å². The maximum atomic E-state index is 11.3. The third kappa shape index (κ3) is 3.29. The van der Waals surface area contributed by atoms with Crippen molar-refractivity contribution in [2.24, 2.45) is 11.8 Å². The first-order valence-electron chi connectivity index (χ1n) is 5.53. The lowest BCUT2D eigenvalue weighted by atomic mass is 9.88. The number of amides is 1. The van der Waals surface area contributed by atoms with E-state index in [-0.39, 0.29) is 18.6 Å². The second kappa shape index (κ2) is 5.35. The number of nitrogens with one attached hydrogen (secondary N) is 1. The van der Waals surface area contributed by atoms with Gasteiger partial charge in [0.1, 0.15) is 0 Å². The zero-order valence-corrected chi connectivity index (χ0v) is 9.12. The quantitative estimate of drug-likeness (QED) is 0.720. The molecule has 0 aliphatic carbocycles. The summed E-state index contributed by atoms with van der Waals surface area (Å²) in [7, 11) is 0. The van der Waals surface area contributed by atoms with Gasteiger partial charge in [0.05, 0.1) is 12.6 Å². The van der Waals surface area contributed by atoms with Crippen LogP contribution in [0.4, 0.5) is 0 Å². The highest BCUT2D eigenvalue weighted by Gasteiger charge is 2.26. The van der Waals surface area contributed by atoms with Crippen LogP contribution < -0.4 is 5.32 Å². The van der Waals surface area contributed by atoms with Crippen LogP contribution in [0.5, 0.6) is 0 Å². The van der Waals surface area contributed by atoms with Gasteiger partial charge in [0, 0.05) is 6.42 Å². The molecule has 1 amide bonds. The highest BCUT2D eigenvalue weighted by molar-refractivity contribution is 5.76. The molecule has 0 saturated carbocycles. The van der Waals surface area contributed by atoms with E-state index >= 15 is 0 Å². The largest absolute Gasteiger partial charge is 0.394 e. The minimum atomic E-state index is -0.0209. The van der Waals surface area contributed by atoms with Crippen LogP contribution in [0.25, 0.3) is 0 Å². The minimum Gasteiger partial charge on any atom is -0.394 e. The summed E-state index contributed by atoms with van der Waals surface area (Å²) in [5.41, 5.74) is 0. The molecule has 3 nitrogen and oxygen atoms in total. The van der Waals surface area contributed by atoms with Crippen LogP contribution in [0.2, 0.25) is 0 Å². The second-order valence-corrected chi connectivity index (χ2v) is 4.64. The molecule has 1 rings (SSSR count). The fourth-order valence-corrected chi connectivity index (χ4v) is 2.21. The highest BCUT2D eigenvalue weighted by Crippen LogP contribution is 2.24. The number of hydrogen-bond donors (Lipinski definition) is 2. The Hall–Kier alpha value is -0.570. The monoisotopic (exact) mass is 199 g/mol. The van der Waals surface area contributed by atoms with Crippen molar-refractivity contribution in [2.45, 2.75) is 45.6 Å². The summed E-state index contributed by atoms with van der Waals surface area (Å²) < 4.78 is 0. The Labute approximate surface area is 85.9 Å². The smallest absolute Gasteiger partial charge is 0.220 e. The summed E-state index contributed by atoms with van der Waals surface area (Å²) in [6.07, 6.45) is 3.72. The molecule has 3 heteroatoms. The lowest BCUT2D eigenvalue weighted by Gasteiger charge is -2.25. The van der Waals surface area contributed by atoms with E-state index in [2.05, 4.69) is 19.2 Å². The van der Waals surface area contributed by atoms with Crippen LogP contribution in [-0.2, 0) is 4.79 Å². The summed E-state index contributed by atoms with van der Waals surface area (Å²) in [6.45, 7) is 4.44. The normalized spacial score (nSPS) is 28.7. The average molecular weight is 199 g/mol. The standard InChI is InChI=1S/C11H21NO2/c1-8(2)6-9-4-3-5-11(14)12-10(9)7-13/h8-10,13H,3-7H2,1-2H3,(H,12,14). The topological polar surface area (TPSA) is 49.3 Å². The Morgan fingerprint density at radius 2 is 2.29 bits per heavy atom. The predicted molar refractivity (Wildman–Crippen MR) is 55.8 cm³/mol. The fraction of sp³-hybridized carbons (Fsp3) is 0.909. The molecule has 1 heterocycles. The van der Waals surface area contributed by atoms with Crippen LogP contribution in [0.3, 0.4) is 0 Å². The first-order valence-corrected chi connectivity index (χ1v) is 5.53. The molecular weight excluding hydrogens is 178 g/mol. The molecule has 0 aromatic heterocycles. The molecule has 1 aliphatic rings. The first-order chi connectivity index (χ1) is 6.63. The number of carbonyl (C=O) groups is 1. The zero-order valence-electron chi connectivity index (χ0n) is 9.12. The van der Waals surface area contributed by atoms with Crippen LogP contribution in [0.1, 0.15) is 39.5 Å². The maximum absolute atomic E-state index is 11.3. The molecular formula is C11H21NO2. The first kappa shape index (κ1) is 11.5. The predicted octanol–water partition coefficient (Wildman–Crippen LogP) is 1.31. The summed E-state index contributed by atoms with van der Waals surface area (Å²) in [5, 5.41) is 12.1.